The summed E-state index contributed by atoms with van der Waals surface area (Å²) < 4.78 is 24.4. The van der Waals surface area contributed by atoms with Crippen molar-refractivity contribution in [2.75, 3.05) is 5.73 Å². The minimum absolute atomic E-state index is 0.130. The summed E-state index contributed by atoms with van der Waals surface area (Å²) >= 11 is 0. The highest BCUT2D eigenvalue weighted by Gasteiger charge is 2.16. The second kappa shape index (κ2) is 5.30. The van der Waals surface area contributed by atoms with Crippen LogP contribution in [0.2, 0.25) is 0 Å². The van der Waals surface area contributed by atoms with E-state index in [1.165, 1.54) is 42.5 Å². The molecule has 0 aliphatic heterocycles. The Morgan fingerprint density at radius 3 is 2.35 bits per heavy atom. The van der Waals surface area contributed by atoms with E-state index in [-0.39, 0.29) is 16.3 Å². The molecular weight excluding hydrogens is 280 g/mol. The lowest BCUT2D eigenvalue weighted by molar-refractivity contribution is -0.384. The first-order valence-corrected chi connectivity index (χ1v) is 7.35. The number of nitrogen functional groups attached to an aromatic ring is 1. The molecule has 2 aromatic carbocycles. The third kappa shape index (κ3) is 3.12. The summed E-state index contributed by atoms with van der Waals surface area (Å²) in [4.78, 5) is 10.2. The molecular formula is C13H12N2O4S. The quantitative estimate of drug-likeness (QED) is 0.528. The molecule has 0 amide bonds. The number of nitrogens with two attached hydrogens (primary N) is 1. The standard InChI is InChI=1S/C13H12N2O4S/c14-11-4-6-13(7-5-11)20(18,19)9-10-2-1-3-12(8-10)15(16)17/h1-8H,9,14H2. The van der Waals surface area contributed by atoms with Crippen LogP contribution in [0.5, 0.6) is 0 Å². The van der Waals surface area contributed by atoms with Crippen LogP contribution in [-0.2, 0) is 15.6 Å². The molecule has 0 radical (unpaired) electrons. The zero-order valence-corrected chi connectivity index (χ0v) is 11.2. The minimum atomic E-state index is -3.55. The van der Waals surface area contributed by atoms with Crippen LogP contribution < -0.4 is 5.73 Å². The van der Waals surface area contributed by atoms with Crippen molar-refractivity contribution in [2.45, 2.75) is 10.6 Å². The fraction of sp³-hybridized carbons (Fsp3) is 0.0769. The van der Waals surface area contributed by atoms with Crippen LogP contribution in [-0.4, -0.2) is 13.3 Å². The Morgan fingerprint density at radius 2 is 1.75 bits per heavy atom. The molecule has 0 atom stereocenters. The predicted molar refractivity (Wildman–Crippen MR) is 74.8 cm³/mol. The van der Waals surface area contributed by atoms with E-state index in [1.54, 1.807) is 6.07 Å². The Labute approximate surface area is 115 Å². The van der Waals surface area contributed by atoms with Crippen molar-refractivity contribution in [1.29, 1.82) is 0 Å². The number of hydrogen-bond acceptors (Lipinski definition) is 5. The van der Waals surface area contributed by atoms with Gasteiger partial charge in [-0.05, 0) is 29.8 Å². The first-order chi connectivity index (χ1) is 9.38. The molecule has 0 aliphatic rings. The first kappa shape index (κ1) is 14.0. The molecule has 0 bridgehead atoms. The highest BCUT2D eigenvalue weighted by molar-refractivity contribution is 7.90. The van der Waals surface area contributed by atoms with Gasteiger partial charge in [-0.15, -0.1) is 0 Å². The van der Waals surface area contributed by atoms with Gasteiger partial charge in [-0.2, -0.15) is 0 Å². The molecule has 0 heterocycles. The SMILES string of the molecule is Nc1ccc(S(=O)(=O)Cc2cccc([N+](=O)[O-])c2)cc1. The van der Waals surface area contributed by atoms with Crippen molar-refractivity contribution in [3.63, 3.8) is 0 Å². The molecule has 0 saturated heterocycles. The fourth-order valence-corrected chi connectivity index (χ4v) is 3.07. The number of sulfone groups is 1. The number of non-ortho nitro benzene ring substituents is 1. The fourth-order valence-electron chi connectivity index (χ4n) is 1.74. The largest absolute Gasteiger partial charge is 0.399 e. The van der Waals surface area contributed by atoms with Gasteiger partial charge in [-0.3, -0.25) is 10.1 Å². The number of nitrogens with zero attached hydrogens (tertiary/aromatic N) is 1. The number of nitro groups is 1. The lowest BCUT2D eigenvalue weighted by Crippen LogP contribution is -2.05. The maximum Gasteiger partial charge on any atom is 0.269 e. The van der Waals surface area contributed by atoms with Gasteiger partial charge in [0.05, 0.1) is 15.6 Å². The highest BCUT2D eigenvalue weighted by Crippen LogP contribution is 2.20. The monoisotopic (exact) mass is 292 g/mol. The van der Waals surface area contributed by atoms with Gasteiger partial charge in [0.15, 0.2) is 9.84 Å². The lowest BCUT2D eigenvalue weighted by atomic mass is 10.2. The summed E-state index contributed by atoms with van der Waals surface area (Å²) in [7, 11) is -3.55. The van der Waals surface area contributed by atoms with E-state index >= 15 is 0 Å². The summed E-state index contributed by atoms with van der Waals surface area (Å²) in [5.74, 6) is -0.293. The number of hydrogen-bond donors (Lipinski definition) is 1. The van der Waals surface area contributed by atoms with Crippen LogP contribution in [0.3, 0.4) is 0 Å². The Balaban J connectivity index is 2.31. The molecule has 20 heavy (non-hydrogen) atoms. The van der Waals surface area contributed by atoms with E-state index in [2.05, 4.69) is 0 Å². The Bertz CT molecular complexity index is 739. The van der Waals surface area contributed by atoms with Crippen molar-refractivity contribution in [3.05, 3.63) is 64.2 Å². The lowest BCUT2D eigenvalue weighted by Gasteiger charge is -2.05. The van der Waals surface area contributed by atoms with Crippen molar-refractivity contribution in [2.24, 2.45) is 0 Å². The Kier molecular flexibility index (Phi) is 3.71. The van der Waals surface area contributed by atoms with Crippen molar-refractivity contribution >= 4 is 21.2 Å². The van der Waals surface area contributed by atoms with Gasteiger partial charge < -0.3 is 5.73 Å². The number of benzene rings is 2. The van der Waals surface area contributed by atoms with Crippen LogP contribution in [0.1, 0.15) is 5.56 Å². The van der Waals surface area contributed by atoms with E-state index in [9.17, 15) is 18.5 Å². The van der Waals surface area contributed by atoms with Gasteiger partial charge in [-0.25, -0.2) is 8.42 Å². The van der Waals surface area contributed by atoms with Gasteiger partial charge >= 0.3 is 0 Å². The molecule has 6 nitrogen and oxygen atoms in total. The van der Waals surface area contributed by atoms with Crippen LogP contribution in [0.4, 0.5) is 11.4 Å². The summed E-state index contributed by atoms with van der Waals surface area (Å²) in [5, 5.41) is 10.7. The molecule has 0 unspecified atom stereocenters. The van der Waals surface area contributed by atoms with Gasteiger partial charge in [0.2, 0.25) is 0 Å². The summed E-state index contributed by atoms with van der Waals surface area (Å²) in [5.41, 5.74) is 6.22. The molecule has 0 spiro atoms. The average molecular weight is 292 g/mol. The molecule has 2 rings (SSSR count). The van der Waals surface area contributed by atoms with Crippen LogP contribution in [0.15, 0.2) is 53.4 Å². The van der Waals surface area contributed by atoms with Crippen molar-refractivity contribution in [3.8, 4) is 0 Å². The summed E-state index contributed by atoms with van der Waals surface area (Å²) in [6, 6.07) is 11.4. The average Bonchev–Trinajstić information content (AvgIpc) is 2.39. The Hall–Kier alpha value is -2.41. The maximum atomic E-state index is 12.2. The highest BCUT2D eigenvalue weighted by atomic mass is 32.2. The second-order valence-corrected chi connectivity index (χ2v) is 6.24. The third-order valence-corrected chi connectivity index (χ3v) is 4.42. The number of anilines is 1. The molecule has 2 aromatic rings. The molecule has 104 valence electrons. The topological polar surface area (TPSA) is 103 Å². The maximum absolute atomic E-state index is 12.2. The normalized spacial score (nSPS) is 11.2. The van der Waals surface area contributed by atoms with Crippen molar-refractivity contribution in [1.82, 2.24) is 0 Å². The molecule has 0 fully saturated rings. The summed E-state index contributed by atoms with van der Waals surface area (Å²) in [6.45, 7) is 0. The van der Waals surface area contributed by atoms with Gasteiger partial charge in [0, 0.05) is 17.8 Å². The second-order valence-electron chi connectivity index (χ2n) is 4.26. The van der Waals surface area contributed by atoms with E-state index in [0.717, 1.165) is 0 Å². The first-order valence-electron chi connectivity index (χ1n) is 5.70. The van der Waals surface area contributed by atoms with Gasteiger partial charge in [0.25, 0.3) is 5.69 Å². The summed E-state index contributed by atoms with van der Waals surface area (Å²) in [6.07, 6.45) is 0. The van der Waals surface area contributed by atoms with Gasteiger partial charge in [-0.1, -0.05) is 12.1 Å². The number of nitro benzene ring substituents is 1. The minimum Gasteiger partial charge on any atom is -0.399 e. The van der Waals surface area contributed by atoms with E-state index in [0.29, 0.717) is 11.3 Å². The molecule has 7 heteroatoms. The molecule has 0 saturated carbocycles. The van der Waals surface area contributed by atoms with E-state index in [1.807, 2.05) is 0 Å². The zero-order chi connectivity index (χ0) is 14.8. The van der Waals surface area contributed by atoms with Crippen molar-refractivity contribution < 1.29 is 13.3 Å². The molecule has 0 aliphatic carbocycles. The van der Waals surface area contributed by atoms with E-state index < -0.39 is 14.8 Å². The third-order valence-electron chi connectivity index (χ3n) is 2.72. The number of rotatable bonds is 4. The van der Waals surface area contributed by atoms with E-state index in [4.69, 9.17) is 5.73 Å². The smallest absolute Gasteiger partial charge is 0.269 e. The predicted octanol–water partition coefficient (Wildman–Crippen LogP) is 2.15. The molecule has 2 N–H and O–H groups in total. The van der Waals surface area contributed by atoms with Gasteiger partial charge in [0.1, 0.15) is 0 Å². The van der Waals surface area contributed by atoms with Crippen LogP contribution in [0.25, 0.3) is 0 Å². The molecule has 0 aromatic heterocycles. The van der Waals surface area contributed by atoms with Crippen LogP contribution >= 0.6 is 0 Å². The zero-order valence-electron chi connectivity index (χ0n) is 10.4. The Morgan fingerprint density at radius 1 is 1.10 bits per heavy atom. The van der Waals surface area contributed by atoms with Crippen LogP contribution in [0, 0.1) is 10.1 Å².